The molecule has 0 fully saturated rings. The van der Waals surface area contributed by atoms with Gasteiger partial charge in [0.1, 0.15) is 4.90 Å². The van der Waals surface area contributed by atoms with E-state index in [1.54, 1.807) is 18.2 Å². The molecule has 0 atom stereocenters. The number of Topliss-reactive ketones (excluding diaryl/α,β-unsaturated/α-hetero) is 1. The Kier molecular flexibility index (Phi) is 3.15. The third-order valence-corrected chi connectivity index (χ3v) is 3.73. The Hall–Kier alpha value is -2.15. The molecule has 0 amide bonds. The van der Waals surface area contributed by atoms with Gasteiger partial charge in [0.05, 0.1) is 11.9 Å². The molecule has 0 aliphatic carbocycles. The minimum atomic E-state index is -3.30. The van der Waals surface area contributed by atoms with Crippen molar-refractivity contribution in [2.45, 2.75) is 11.8 Å². The SMILES string of the molecule is CC(=O)c1cc(-n2cc(S(C)(=O)=O)cn2)ccc1N. The fraction of sp³-hybridized carbons (Fsp3) is 0.167. The van der Waals surface area contributed by atoms with E-state index in [0.29, 0.717) is 16.9 Å². The molecule has 1 aromatic carbocycles. The second-order valence-corrected chi connectivity index (χ2v) is 6.24. The highest BCUT2D eigenvalue weighted by Gasteiger charge is 2.12. The van der Waals surface area contributed by atoms with Crippen molar-refractivity contribution in [2.75, 3.05) is 12.0 Å². The van der Waals surface area contributed by atoms with Gasteiger partial charge < -0.3 is 5.73 Å². The van der Waals surface area contributed by atoms with Crippen LogP contribution in [-0.4, -0.2) is 30.2 Å². The molecule has 0 saturated heterocycles. The van der Waals surface area contributed by atoms with E-state index in [0.717, 1.165) is 6.26 Å². The van der Waals surface area contributed by atoms with E-state index in [-0.39, 0.29) is 10.7 Å². The van der Waals surface area contributed by atoms with Crippen LogP contribution in [0.1, 0.15) is 17.3 Å². The van der Waals surface area contributed by atoms with Crippen molar-refractivity contribution in [1.29, 1.82) is 0 Å². The van der Waals surface area contributed by atoms with Gasteiger partial charge in [-0.2, -0.15) is 5.10 Å². The standard InChI is InChI=1S/C12H13N3O3S/c1-8(16)11-5-9(3-4-12(11)13)15-7-10(6-14-15)19(2,17)18/h3-7H,13H2,1-2H3. The number of nitrogen functional groups attached to an aromatic ring is 1. The Labute approximate surface area is 110 Å². The van der Waals surface area contributed by atoms with Gasteiger partial charge in [0.2, 0.25) is 0 Å². The van der Waals surface area contributed by atoms with Crippen LogP contribution < -0.4 is 5.73 Å². The number of ketones is 1. The van der Waals surface area contributed by atoms with E-state index < -0.39 is 9.84 Å². The van der Waals surface area contributed by atoms with Gasteiger partial charge in [-0.15, -0.1) is 0 Å². The van der Waals surface area contributed by atoms with Crippen molar-refractivity contribution >= 4 is 21.3 Å². The van der Waals surface area contributed by atoms with Crippen LogP contribution in [-0.2, 0) is 9.84 Å². The lowest BCUT2D eigenvalue weighted by atomic mass is 10.1. The van der Waals surface area contributed by atoms with Crippen LogP contribution in [0.5, 0.6) is 0 Å². The molecule has 0 unspecified atom stereocenters. The Bertz CT molecular complexity index is 747. The normalized spacial score (nSPS) is 11.5. The molecule has 2 aromatic rings. The molecule has 19 heavy (non-hydrogen) atoms. The van der Waals surface area contributed by atoms with Gasteiger partial charge in [0.25, 0.3) is 0 Å². The summed E-state index contributed by atoms with van der Waals surface area (Å²) in [4.78, 5) is 11.5. The molecule has 2 rings (SSSR count). The molecule has 0 bridgehead atoms. The van der Waals surface area contributed by atoms with Crippen molar-refractivity contribution in [3.05, 3.63) is 36.2 Å². The minimum absolute atomic E-state index is 0.119. The first-order chi connectivity index (χ1) is 8.79. The third kappa shape index (κ3) is 2.65. The highest BCUT2D eigenvalue weighted by molar-refractivity contribution is 7.90. The number of anilines is 1. The van der Waals surface area contributed by atoms with Gasteiger partial charge in [-0.1, -0.05) is 0 Å². The molecular weight excluding hydrogens is 266 g/mol. The first-order valence-corrected chi connectivity index (χ1v) is 7.34. The zero-order valence-electron chi connectivity index (χ0n) is 10.5. The van der Waals surface area contributed by atoms with Crippen molar-refractivity contribution in [1.82, 2.24) is 9.78 Å². The topological polar surface area (TPSA) is 95.0 Å². The molecule has 6 nitrogen and oxygen atoms in total. The van der Waals surface area contributed by atoms with E-state index >= 15 is 0 Å². The average Bonchev–Trinajstić information content (AvgIpc) is 2.78. The lowest BCUT2D eigenvalue weighted by Crippen LogP contribution is -2.03. The minimum Gasteiger partial charge on any atom is -0.398 e. The van der Waals surface area contributed by atoms with Gasteiger partial charge in [0.15, 0.2) is 15.6 Å². The molecule has 0 spiro atoms. The largest absolute Gasteiger partial charge is 0.398 e. The molecule has 0 saturated carbocycles. The van der Waals surface area contributed by atoms with Crippen molar-refractivity contribution < 1.29 is 13.2 Å². The van der Waals surface area contributed by atoms with E-state index in [9.17, 15) is 13.2 Å². The first-order valence-electron chi connectivity index (χ1n) is 5.44. The number of benzene rings is 1. The molecule has 0 aliphatic heterocycles. The number of aromatic nitrogens is 2. The summed E-state index contributed by atoms with van der Waals surface area (Å²) in [7, 11) is -3.30. The van der Waals surface area contributed by atoms with Crippen LogP contribution in [0.3, 0.4) is 0 Å². The van der Waals surface area contributed by atoms with Crippen LogP contribution in [0.4, 0.5) is 5.69 Å². The van der Waals surface area contributed by atoms with Crippen molar-refractivity contribution in [2.24, 2.45) is 0 Å². The summed E-state index contributed by atoms with van der Waals surface area (Å²) >= 11 is 0. The monoisotopic (exact) mass is 279 g/mol. The van der Waals surface area contributed by atoms with Crippen LogP contribution in [0.25, 0.3) is 5.69 Å². The van der Waals surface area contributed by atoms with Gasteiger partial charge in [-0.05, 0) is 25.1 Å². The summed E-state index contributed by atoms with van der Waals surface area (Å²) in [6.07, 6.45) is 3.77. The van der Waals surface area contributed by atoms with Crippen LogP contribution >= 0.6 is 0 Å². The van der Waals surface area contributed by atoms with Gasteiger partial charge in [-0.3, -0.25) is 4.79 Å². The lowest BCUT2D eigenvalue weighted by molar-refractivity contribution is 0.101. The number of hydrogen-bond acceptors (Lipinski definition) is 5. The number of nitrogens with two attached hydrogens (primary N) is 1. The predicted molar refractivity (Wildman–Crippen MR) is 71.1 cm³/mol. The molecule has 0 radical (unpaired) electrons. The highest BCUT2D eigenvalue weighted by Crippen LogP contribution is 2.18. The quantitative estimate of drug-likeness (QED) is 0.669. The summed E-state index contributed by atoms with van der Waals surface area (Å²) in [5.41, 5.74) is 7.04. The Morgan fingerprint density at radius 1 is 1.37 bits per heavy atom. The number of carbonyl (C=O) groups is 1. The van der Waals surface area contributed by atoms with E-state index in [1.807, 2.05) is 0 Å². The van der Waals surface area contributed by atoms with Crippen LogP contribution in [0.15, 0.2) is 35.5 Å². The maximum atomic E-state index is 11.4. The summed E-state index contributed by atoms with van der Waals surface area (Å²) in [6, 6.07) is 4.84. The Balaban J connectivity index is 2.51. The smallest absolute Gasteiger partial charge is 0.178 e. The third-order valence-electron chi connectivity index (χ3n) is 2.67. The summed E-state index contributed by atoms with van der Waals surface area (Å²) in [6.45, 7) is 1.42. The van der Waals surface area contributed by atoms with Crippen LogP contribution in [0.2, 0.25) is 0 Å². The fourth-order valence-corrected chi connectivity index (χ4v) is 2.16. The van der Waals surface area contributed by atoms with Crippen molar-refractivity contribution in [3.63, 3.8) is 0 Å². The Morgan fingerprint density at radius 3 is 2.58 bits per heavy atom. The average molecular weight is 279 g/mol. The van der Waals surface area contributed by atoms with Gasteiger partial charge in [0, 0.05) is 23.7 Å². The highest BCUT2D eigenvalue weighted by atomic mass is 32.2. The maximum Gasteiger partial charge on any atom is 0.178 e. The first kappa shape index (κ1) is 13.3. The lowest BCUT2D eigenvalue weighted by Gasteiger charge is -2.06. The van der Waals surface area contributed by atoms with E-state index in [2.05, 4.69) is 5.10 Å². The van der Waals surface area contributed by atoms with Gasteiger partial charge in [-0.25, -0.2) is 13.1 Å². The zero-order chi connectivity index (χ0) is 14.2. The molecule has 0 aliphatic rings. The van der Waals surface area contributed by atoms with Gasteiger partial charge >= 0.3 is 0 Å². The zero-order valence-corrected chi connectivity index (χ0v) is 11.3. The second kappa shape index (κ2) is 4.51. The predicted octanol–water partition coefficient (Wildman–Crippen LogP) is 1.06. The molecular formula is C12H13N3O3S. The molecule has 7 heteroatoms. The summed E-state index contributed by atoms with van der Waals surface area (Å²) in [5.74, 6) is -0.158. The fourth-order valence-electron chi connectivity index (χ4n) is 1.63. The molecule has 1 heterocycles. The number of rotatable bonds is 3. The number of hydrogen-bond donors (Lipinski definition) is 1. The molecule has 2 N–H and O–H groups in total. The van der Waals surface area contributed by atoms with Crippen molar-refractivity contribution in [3.8, 4) is 5.69 Å². The van der Waals surface area contributed by atoms with E-state index in [4.69, 9.17) is 5.73 Å². The number of carbonyl (C=O) groups excluding carboxylic acids is 1. The van der Waals surface area contributed by atoms with Crippen LogP contribution in [0, 0.1) is 0 Å². The summed E-state index contributed by atoms with van der Waals surface area (Å²) < 4.78 is 24.1. The number of sulfone groups is 1. The second-order valence-electron chi connectivity index (χ2n) is 4.22. The molecule has 100 valence electrons. The number of nitrogens with zero attached hydrogens (tertiary/aromatic N) is 2. The summed E-state index contributed by atoms with van der Waals surface area (Å²) in [5, 5.41) is 3.97. The Morgan fingerprint density at radius 2 is 2.05 bits per heavy atom. The maximum absolute atomic E-state index is 11.4. The molecule has 1 aromatic heterocycles. The van der Waals surface area contributed by atoms with E-state index in [1.165, 1.54) is 24.0 Å².